The molecule has 0 aliphatic rings. The van der Waals surface area contributed by atoms with Crippen molar-refractivity contribution in [3.63, 3.8) is 0 Å². The number of aldehydes is 1. The molecular weight excluding hydrogens is 178 g/mol. The highest BCUT2D eigenvalue weighted by molar-refractivity contribution is 5.84. The average Bonchev–Trinajstić information content (AvgIpc) is 2.30. The third-order valence-electron chi connectivity index (χ3n) is 1.79. The number of carbonyl (C=O) groups excluding carboxylic acids is 1. The summed E-state index contributed by atoms with van der Waals surface area (Å²) in [7, 11) is 0. The highest BCUT2D eigenvalue weighted by Gasteiger charge is 2.05. The van der Waals surface area contributed by atoms with Crippen molar-refractivity contribution >= 4 is 6.29 Å². The SMILES string of the molecule is O=Cc1cccnc1-c1ccncn1. The first-order valence-corrected chi connectivity index (χ1v) is 4.08. The third-order valence-corrected chi connectivity index (χ3v) is 1.79. The first-order chi connectivity index (χ1) is 6.92. The second-order valence-electron chi connectivity index (χ2n) is 2.65. The van der Waals surface area contributed by atoms with Gasteiger partial charge in [0.15, 0.2) is 6.29 Å². The summed E-state index contributed by atoms with van der Waals surface area (Å²) in [5.41, 5.74) is 1.78. The average molecular weight is 185 g/mol. The Balaban J connectivity index is 2.57. The minimum atomic E-state index is 0.534. The van der Waals surface area contributed by atoms with Crippen molar-refractivity contribution in [1.29, 1.82) is 0 Å². The molecule has 4 nitrogen and oxygen atoms in total. The van der Waals surface area contributed by atoms with Gasteiger partial charge in [0.1, 0.15) is 6.33 Å². The molecule has 68 valence electrons. The van der Waals surface area contributed by atoms with Crippen LogP contribution in [0.15, 0.2) is 36.9 Å². The van der Waals surface area contributed by atoms with Gasteiger partial charge in [-0.1, -0.05) is 0 Å². The van der Waals surface area contributed by atoms with Crippen molar-refractivity contribution in [2.45, 2.75) is 0 Å². The lowest BCUT2D eigenvalue weighted by molar-refractivity contribution is 0.112. The van der Waals surface area contributed by atoms with Crippen LogP contribution in [0.2, 0.25) is 0 Å². The van der Waals surface area contributed by atoms with E-state index in [0.717, 1.165) is 6.29 Å². The lowest BCUT2D eigenvalue weighted by Crippen LogP contribution is -1.93. The third kappa shape index (κ3) is 1.50. The van der Waals surface area contributed by atoms with E-state index in [2.05, 4.69) is 15.0 Å². The predicted molar refractivity (Wildman–Crippen MR) is 50.7 cm³/mol. The topological polar surface area (TPSA) is 55.7 Å². The second kappa shape index (κ2) is 3.74. The van der Waals surface area contributed by atoms with Gasteiger partial charge in [0.25, 0.3) is 0 Å². The Kier molecular flexibility index (Phi) is 2.27. The Labute approximate surface area is 80.7 Å². The van der Waals surface area contributed by atoms with Gasteiger partial charge >= 0.3 is 0 Å². The normalized spacial score (nSPS) is 9.71. The van der Waals surface area contributed by atoms with E-state index in [4.69, 9.17) is 0 Å². The molecule has 2 rings (SSSR count). The molecule has 0 bridgehead atoms. The van der Waals surface area contributed by atoms with Gasteiger partial charge in [-0.3, -0.25) is 9.78 Å². The maximum absolute atomic E-state index is 10.7. The van der Waals surface area contributed by atoms with E-state index >= 15 is 0 Å². The van der Waals surface area contributed by atoms with Gasteiger partial charge in [-0.15, -0.1) is 0 Å². The van der Waals surface area contributed by atoms with Crippen molar-refractivity contribution in [2.75, 3.05) is 0 Å². The molecule has 4 heteroatoms. The van der Waals surface area contributed by atoms with Crippen molar-refractivity contribution < 1.29 is 4.79 Å². The van der Waals surface area contributed by atoms with Crippen LogP contribution in [0, 0.1) is 0 Å². The summed E-state index contributed by atoms with van der Waals surface area (Å²) in [4.78, 5) is 22.6. The molecule has 0 fully saturated rings. The van der Waals surface area contributed by atoms with Gasteiger partial charge in [-0.25, -0.2) is 9.97 Å². The Morgan fingerprint density at radius 3 is 2.79 bits per heavy atom. The summed E-state index contributed by atoms with van der Waals surface area (Å²) in [6.07, 6.45) is 5.44. The van der Waals surface area contributed by atoms with Crippen molar-refractivity contribution in [3.8, 4) is 11.4 Å². The smallest absolute Gasteiger partial charge is 0.152 e. The zero-order chi connectivity index (χ0) is 9.80. The minimum absolute atomic E-state index is 0.534. The number of hydrogen-bond acceptors (Lipinski definition) is 4. The molecule has 0 spiro atoms. The van der Waals surface area contributed by atoms with E-state index in [-0.39, 0.29) is 0 Å². The van der Waals surface area contributed by atoms with Gasteiger partial charge in [-0.2, -0.15) is 0 Å². The number of rotatable bonds is 2. The van der Waals surface area contributed by atoms with E-state index in [9.17, 15) is 4.79 Å². The van der Waals surface area contributed by atoms with Crippen LogP contribution in [0.5, 0.6) is 0 Å². The van der Waals surface area contributed by atoms with Crippen molar-refractivity contribution in [2.24, 2.45) is 0 Å². The summed E-state index contributed by atoms with van der Waals surface area (Å²) < 4.78 is 0. The fraction of sp³-hybridized carbons (Fsp3) is 0. The summed E-state index contributed by atoms with van der Waals surface area (Å²) in [6.45, 7) is 0. The fourth-order valence-corrected chi connectivity index (χ4v) is 1.16. The lowest BCUT2D eigenvalue weighted by Gasteiger charge is -2.00. The molecule has 0 aliphatic heterocycles. The quantitative estimate of drug-likeness (QED) is 0.662. The maximum atomic E-state index is 10.7. The molecule has 0 saturated carbocycles. The first-order valence-electron chi connectivity index (χ1n) is 4.08. The zero-order valence-corrected chi connectivity index (χ0v) is 7.29. The maximum Gasteiger partial charge on any atom is 0.152 e. The van der Waals surface area contributed by atoms with Gasteiger partial charge in [-0.05, 0) is 18.2 Å². The van der Waals surface area contributed by atoms with Crippen LogP contribution >= 0.6 is 0 Å². The molecule has 14 heavy (non-hydrogen) atoms. The molecule has 2 heterocycles. The van der Waals surface area contributed by atoms with Crippen molar-refractivity contribution in [1.82, 2.24) is 15.0 Å². The molecule has 0 unspecified atom stereocenters. The standard InChI is InChI=1S/C10H7N3O/c14-6-8-2-1-4-12-10(8)9-3-5-11-7-13-9/h1-7H. The first kappa shape index (κ1) is 8.50. The molecule has 0 atom stereocenters. The molecule has 0 saturated heterocycles. The number of nitrogens with zero attached hydrogens (tertiary/aromatic N) is 3. The van der Waals surface area contributed by atoms with Crippen LogP contribution in [0.1, 0.15) is 10.4 Å². The van der Waals surface area contributed by atoms with Gasteiger partial charge in [0, 0.05) is 18.0 Å². The number of carbonyl (C=O) groups is 1. The van der Waals surface area contributed by atoms with Crippen LogP contribution in [0.4, 0.5) is 0 Å². The molecule has 0 N–H and O–H groups in total. The van der Waals surface area contributed by atoms with Crippen molar-refractivity contribution in [3.05, 3.63) is 42.5 Å². The molecule has 2 aromatic rings. The molecule has 0 amide bonds. The van der Waals surface area contributed by atoms with Crippen LogP contribution in [-0.4, -0.2) is 21.2 Å². The summed E-state index contributed by atoms with van der Waals surface area (Å²) in [5, 5.41) is 0. The van der Waals surface area contributed by atoms with Gasteiger partial charge in [0.2, 0.25) is 0 Å². The van der Waals surface area contributed by atoms with E-state index in [1.807, 2.05) is 0 Å². The highest BCUT2D eigenvalue weighted by atomic mass is 16.1. The number of aromatic nitrogens is 3. The molecular formula is C10H7N3O. The highest BCUT2D eigenvalue weighted by Crippen LogP contribution is 2.15. The molecule has 0 aliphatic carbocycles. The van der Waals surface area contributed by atoms with Gasteiger partial charge < -0.3 is 0 Å². The largest absolute Gasteiger partial charge is 0.298 e. The summed E-state index contributed by atoms with van der Waals surface area (Å²) >= 11 is 0. The molecule has 0 aromatic carbocycles. The lowest BCUT2D eigenvalue weighted by atomic mass is 10.1. The second-order valence-corrected chi connectivity index (χ2v) is 2.65. The van der Waals surface area contributed by atoms with Crippen LogP contribution in [0.3, 0.4) is 0 Å². The molecule has 2 aromatic heterocycles. The summed E-state index contributed by atoms with van der Waals surface area (Å²) in [6, 6.07) is 5.14. The van der Waals surface area contributed by atoms with E-state index in [1.54, 1.807) is 30.6 Å². The van der Waals surface area contributed by atoms with Gasteiger partial charge in [0.05, 0.1) is 11.4 Å². The number of pyridine rings is 1. The Morgan fingerprint density at radius 1 is 1.14 bits per heavy atom. The Morgan fingerprint density at radius 2 is 2.07 bits per heavy atom. The van der Waals surface area contributed by atoms with Crippen LogP contribution < -0.4 is 0 Å². The van der Waals surface area contributed by atoms with Crippen LogP contribution in [-0.2, 0) is 0 Å². The number of hydrogen-bond donors (Lipinski definition) is 0. The summed E-state index contributed by atoms with van der Waals surface area (Å²) in [5.74, 6) is 0. The fourth-order valence-electron chi connectivity index (χ4n) is 1.16. The van der Waals surface area contributed by atoms with E-state index < -0.39 is 0 Å². The zero-order valence-electron chi connectivity index (χ0n) is 7.29. The predicted octanol–water partition coefficient (Wildman–Crippen LogP) is 1.35. The Bertz CT molecular complexity index is 442. The monoisotopic (exact) mass is 185 g/mol. The molecule has 0 radical (unpaired) electrons. The van der Waals surface area contributed by atoms with E-state index in [0.29, 0.717) is 17.0 Å². The van der Waals surface area contributed by atoms with E-state index in [1.165, 1.54) is 6.33 Å². The van der Waals surface area contributed by atoms with Crippen LogP contribution in [0.25, 0.3) is 11.4 Å². The Hall–Kier alpha value is -2.10. The minimum Gasteiger partial charge on any atom is -0.298 e.